The van der Waals surface area contributed by atoms with Crippen molar-refractivity contribution in [2.45, 2.75) is 13.8 Å². The predicted molar refractivity (Wildman–Crippen MR) is 146 cm³/mol. The van der Waals surface area contributed by atoms with Gasteiger partial charge in [-0.25, -0.2) is 0 Å². The zero-order valence-electron chi connectivity index (χ0n) is 20.6. The summed E-state index contributed by atoms with van der Waals surface area (Å²) in [5.74, 6) is 0.456. The molecule has 37 heavy (non-hydrogen) atoms. The van der Waals surface area contributed by atoms with E-state index in [4.69, 9.17) is 14.2 Å². The Labute approximate surface area is 224 Å². The Hall–Kier alpha value is -4.29. The molecular formula is C28H26BrN3O5. The second kappa shape index (κ2) is 13.1. The molecule has 0 fully saturated rings. The molecule has 0 aliphatic rings. The molecule has 0 saturated carbocycles. The highest BCUT2D eigenvalue weighted by Gasteiger charge is 2.16. The van der Waals surface area contributed by atoms with Gasteiger partial charge in [0.2, 0.25) is 0 Å². The number of ether oxygens (including phenoxy) is 3. The monoisotopic (exact) mass is 563 g/mol. The molecule has 0 heterocycles. The molecular weight excluding hydrogens is 538 g/mol. The Morgan fingerprint density at radius 3 is 2.43 bits per heavy atom. The number of rotatable bonds is 10. The van der Waals surface area contributed by atoms with Gasteiger partial charge >= 0.3 is 0 Å². The number of halogens is 1. The van der Waals surface area contributed by atoms with Crippen molar-refractivity contribution >= 4 is 45.2 Å². The summed E-state index contributed by atoms with van der Waals surface area (Å²) in [4.78, 5) is 25.1. The molecule has 8 nitrogen and oxygen atoms in total. The van der Waals surface area contributed by atoms with Gasteiger partial charge in [-0.1, -0.05) is 12.1 Å². The molecule has 2 N–H and O–H groups in total. The molecule has 0 aliphatic carbocycles. The standard InChI is InChI=1S/C28H26BrN3O5/c1-4-36-25-15-19(13-20(16-30)28(34)32-21-8-10-23(35-3)11-9-21)14-24(29)27(25)37-17-26(33)31-22-7-5-6-18(2)12-22/h5-15H,4,17H2,1-3H3,(H,31,33)(H,32,34)/b20-13+. The molecule has 3 rings (SSSR count). The molecule has 0 unspecified atom stereocenters. The van der Waals surface area contributed by atoms with Crippen molar-refractivity contribution in [1.29, 1.82) is 5.26 Å². The summed E-state index contributed by atoms with van der Waals surface area (Å²) in [6.07, 6.45) is 1.44. The van der Waals surface area contributed by atoms with Crippen molar-refractivity contribution in [3.63, 3.8) is 0 Å². The van der Waals surface area contributed by atoms with Crippen LogP contribution >= 0.6 is 15.9 Å². The molecule has 0 bridgehead atoms. The Kier molecular flexibility index (Phi) is 9.69. The van der Waals surface area contributed by atoms with Gasteiger partial charge in [0.1, 0.15) is 17.4 Å². The lowest BCUT2D eigenvalue weighted by Gasteiger charge is -2.15. The Balaban J connectivity index is 1.75. The van der Waals surface area contributed by atoms with Crippen molar-refractivity contribution in [3.8, 4) is 23.3 Å². The summed E-state index contributed by atoms with van der Waals surface area (Å²) < 4.78 is 17.1. The summed E-state index contributed by atoms with van der Waals surface area (Å²) >= 11 is 3.45. The minimum atomic E-state index is -0.560. The first kappa shape index (κ1) is 27.3. The van der Waals surface area contributed by atoms with Crippen LogP contribution in [0.2, 0.25) is 0 Å². The SMILES string of the molecule is CCOc1cc(/C=C(\C#N)C(=O)Nc2ccc(OC)cc2)cc(Br)c1OCC(=O)Nc1cccc(C)c1. The van der Waals surface area contributed by atoms with E-state index >= 15 is 0 Å². The Morgan fingerprint density at radius 2 is 1.78 bits per heavy atom. The summed E-state index contributed by atoms with van der Waals surface area (Å²) in [6, 6.07) is 19.5. The average molecular weight is 564 g/mol. The van der Waals surface area contributed by atoms with Gasteiger partial charge in [0.05, 0.1) is 18.2 Å². The minimum absolute atomic E-state index is 0.101. The number of benzene rings is 3. The minimum Gasteiger partial charge on any atom is -0.497 e. The first-order valence-electron chi connectivity index (χ1n) is 11.4. The van der Waals surface area contributed by atoms with Crippen molar-refractivity contribution < 1.29 is 23.8 Å². The van der Waals surface area contributed by atoms with Crippen molar-refractivity contribution in [2.24, 2.45) is 0 Å². The molecule has 190 valence electrons. The van der Waals surface area contributed by atoms with Gasteiger partial charge in [0.25, 0.3) is 11.8 Å². The fraction of sp³-hybridized carbons (Fsp3) is 0.179. The van der Waals surface area contributed by atoms with Crippen LogP contribution in [0.4, 0.5) is 11.4 Å². The number of carbonyl (C=O) groups is 2. The third kappa shape index (κ3) is 7.85. The van der Waals surface area contributed by atoms with Crippen LogP contribution in [0.3, 0.4) is 0 Å². The first-order valence-corrected chi connectivity index (χ1v) is 12.1. The van der Waals surface area contributed by atoms with Crippen LogP contribution in [-0.4, -0.2) is 32.1 Å². The van der Waals surface area contributed by atoms with Gasteiger partial charge in [0.15, 0.2) is 18.1 Å². The number of carbonyl (C=O) groups excluding carboxylic acids is 2. The molecule has 0 saturated heterocycles. The first-order chi connectivity index (χ1) is 17.8. The van der Waals surface area contributed by atoms with Gasteiger partial charge < -0.3 is 24.8 Å². The van der Waals surface area contributed by atoms with Crippen molar-refractivity contribution in [1.82, 2.24) is 0 Å². The van der Waals surface area contributed by atoms with Gasteiger partial charge in [-0.15, -0.1) is 0 Å². The predicted octanol–water partition coefficient (Wildman–Crippen LogP) is 5.73. The largest absolute Gasteiger partial charge is 0.497 e. The van der Waals surface area contributed by atoms with E-state index in [9.17, 15) is 14.9 Å². The summed E-state index contributed by atoms with van der Waals surface area (Å²) in [6.45, 7) is 3.85. The third-order valence-corrected chi connectivity index (χ3v) is 5.59. The Bertz CT molecular complexity index is 1350. The second-order valence-electron chi connectivity index (χ2n) is 7.82. The number of hydrogen-bond donors (Lipinski definition) is 2. The smallest absolute Gasteiger partial charge is 0.266 e. The Morgan fingerprint density at radius 1 is 1.03 bits per heavy atom. The van der Waals surface area contributed by atoms with Crippen molar-refractivity contribution in [2.75, 3.05) is 31.0 Å². The number of nitriles is 1. The van der Waals surface area contributed by atoms with Gasteiger partial charge in [-0.2, -0.15) is 5.26 Å². The second-order valence-corrected chi connectivity index (χ2v) is 8.68. The molecule has 9 heteroatoms. The summed E-state index contributed by atoms with van der Waals surface area (Å²) in [5.41, 5.74) is 2.66. The number of hydrogen-bond acceptors (Lipinski definition) is 6. The highest BCUT2D eigenvalue weighted by molar-refractivity contribution is 9.10. The number of methoxy groups -OCH3 is 1. The molecule has 0 atom stereocenters. The molecule has 2 amide bonds. The number of nitrogens with zero attached hydrogens (tertiary/aromatic N) is 1. The van der Waals surface area contributed by atoms with Gasteiger partial charge in [0, 0.05) is 11.4 Å². The number of anilines is 2. The van der Waals surface area contributed by atoms with Crippen LogP contribution in [0.1, 0.15) is 18.1 Å². The van der Waals surface area contributed by atoms with Crippen LogP contribution in [0.15, 0.2) is 70.7 Å². The van der Waals surface area contributed by atoms with Crippen molar-refractivity contribution in [3.05, 3.63) is 81.8 Å². The molecule has 3 aromatic rings. The lowest BCUT2D eigenvalue weighted by Crippen LogP contribution is -2.20. The van der Waals surface area contributed by atoms with E-state index in [1.165, 1.54) is 6.08 Å². The lowest BCUT2D eigenvalue weighted by molar-refractivity contribution is -0.118. The van der Waals surface area contributed by atoms with Crippen LogP contribution < -0.4 is 24.8 Å². The maximum atomic E-state index is 12.7. The fourth-order valence-electron chi connectivity index (χ4n) is 3.32. The number of aryl methyl sites for hydroxylation is 1. The summed E-state index contributed by atoms with van der Waals surface area (Å²) in [7, 11) is 1.55. The average Bonchev–Trinajstić information content (AvgIpc) is 2.87. The topological polar surface area (TPSA) is 110 Å². The zero-order valence-corrected chi connectivity index (χ0v) is 22.2. The number of amides is 2. The number of nitrogens with one attached hydrogen (secondary N) is 2. The van der Waals surface area contributed by atoms with E-state index in [1.54, 1.807) is 49.6 Å². The van der Waals surface area contributed by atoms with E-state index in [0.717, 1.165) is 5.56 Å². The van der Waals surface area contributed by atoms with E-state index in [-0.39, 0.29) is 18.1 Å². The van der Waals surface area contributed by atoms with E-state index < -0.39 is 5.91 Å². The maximum absolute atomic E-state index is 12.7. The van der Waals surface area contributed by atoms with E-state index in [2.05, 4.69) is 26.6 Å². The third-order valence-electron chi connectivity index (χ3n) is 5.01. The van der Waals surface area contributed by atoms with Crippen LogP contribution in [0, 0.1) is 18.3 Å². The maximum Gasteiger partial charge on any atom is 0.266 e. The molecule has 0 spiro atoms. The highest BCUT2D eigenvalue weighted by atomic mass is 79.9. The molecule has 3 aromatic carbocycles. The van der Waals surface area contributed by atoms with Crippen LogP contribution in [0.5, 0.6) is 17.2 Å². The molecule has 0 radical (unpaired) electrons. The van der Waals surface area contributed by atoms with Crippen LogP contribution in [-0.2, 0) is 9.59 Å². The van der Waals surface area contributed by atoms with E-state index in [0.29, 0.717) is 45.3 Å². The van der Waals surface area contributed by atoms with E-state index in [1.807, 2.05) is 38.1 Å². The lowest BCUT2D eigenvalue weighted by atomic mass is 10.1. The van der Waals surface area contributed by atoms with Gasteiger partial charge in [-0.05, 0) is 95.5 Å². The van der Waals surface area contributed by atoms with Gasteiger partial charge in [-0.3, -0.25) is 9.59 Å². The van der Waals surface area contributed by atoms with Crippen LogP contribution in [0.25, 0.3) is 6.08 Å². The quantitative estimate of drug-likeness (QED) is 0.241. The molecule has 0 aromatic heterocycles. The molecule has 0 aliphatic heterocycles. The zero-order chi connectivity index (χ0) is 26.8. The summed E-state index contributed by atoms with van der Waals surface area (Å²) in [5, 5.41) is 15.1. The fourth-order valence-corrected chi connectivity index (χ4v) is 3.89. The highest BCUT2D eigenvalue weighted by Crippen LogP contribution is 2.37. The normalized spacial score (nSPS) is 10.7.